The molecule has 39 heavy (non-hydrogen) atoms. The Morgan fingerprint density at radius 1 is 1.21 bits per heavy atom. The van der Waals surface area contributed by atoms with Crippen molar-refractivity contribution >= 4 is 32.5 Å². The van der Waals surface area contributed by atoms with Crippen LogP contribution >= 0.6 is 0 Å². The minimum absolute atomic E-state index is 0.251. The summed E-state index contributed by atoms with van der Waals surface area (Å²) >= 11 is 0. The van der Waals surface area contributed by atoms with Crippen LogP contribution in [0.15, 0.2) is 45.8 Å². The molecule has 1 N–H and O–H groups in total. The topological polar surface area (TPSA) is 108 Å². The monoisotopic (exact) mass is 552 g/mol. The van der Waals surface area contributed by atoms with Crippen LogP contribution in [0.2, 0.25) is 0 Å². The summed E-state index contributed by atoms with van der Waals surface area (Å²) in [5.41, 5.74) is 5.91. The second kappa shape index (κ2) is 10.6. The molecule has 0 bridgehead atoms. The first kappa shape index (κ1) is 27.2. The lowest BCUT2D eigenvalue weighted by Crippen LogP contribution is -2.32. The number of sulfonamides is 1. The number of unbranched alkanes of at least 4 members (excludes halogenated alkanes) is 1. The van der Waals surface area contributed by atoms with Crippen LogP contribution in [0.25, 0.3) is 22.3 Å². The highest BCUT2D eigenvalue weighted by Gasteiger charge is 2.33. The van der Waals surface area contributed by atoms with Gasteiger partial charge in [-0.2, -0.15) is 5.26 Å². The van der Waals surface area contributed by atoms with E-state index in [1.807, 2.05) is 26.0 Å². The molecule has 0 amide bonds. The molecular weight excluding hydrogens is 519 g/mol. The van der Waals surface area contributed by atoms with Gasteiger partial charge in [-0.15, -0.1) is 0 Å². The van der Waals surface area contributed by atoms with Crippen molar-refractivity contribution in [2.45, 2.75) is 51.9 Å². The molecule has 1 aliphatic heterocycles. The molecular formula is C29H33FN4O4S. The highest BCUT2D eigenvalue weighted by atomic mass is 32.2. The summed E-state index contributed by atoms with van der Waals surface area (Å²) in [7, 11) is -3.59. The quantitative estimate of drug-likeness (QED) is 0.315. The smallest absolute Gasteiger partial charge is 0.232 e. The number of furan rings is 1. The molecule has 2 aliphatic rings. The first-order valence-corrected chi connectivity index (χ1v) is 15.1. The maximum Gasteiger partial charge on any atom is 0.232 e. The second-order valence-corrected chi connectivity index (χ2v) is 12.9. The lowest BCUT2D eigenvalue weighted by atomic mass is 9.89. The Balaban J connectivity index is 1.61. The van der Waals surface area contributed by atoms with Gasteiger partial charge in [0.2, 0.25) is 10.0 Å². The SMILES string of the molecule is CC(C)(C#N)CCCCN(c1cc2oc(-c3ccc(F)cc3)c(C3=NCCON3)c2cc1C1CC1)S(C)(=O)=O. The number of benzene rings is 2. The summed E-state index contributed by atoms with van der Waals surface area (Å²) in [5, 5.41) is 10.1. The minimum Gasteiger partial charge on any atom is -0.455 e. The van der Waals surface area contributed by atoms with Crippen molar-refractivity contribution in [2.24, 2.45) is 10.4 Å². The Morgan fingerprint density at radius 3 is 2.56 bits per heavy atom. The number of hydrogen-bond donors (Lipinski definition) is 1. The maximum atomic E-state index is 13.7. The number of fused-ring (bicyclic) bond motifs is 1. The average molecular weight is 553 g/mol. The number of halogens is 1. The van der Waals surface area contributed by atoms with Crippen LogP contribution in [0.4, 0.5) is 10.1 Å². The average Bonchev–Trinajstić information content (AvgIpc) is 3.68. The molecule has 1 saturated carbocycles. The van der Waals surface area contributed by atoms with E-state index < -0.39 is 15.4 Å². The standard InChI is InChI=1S/C29H33FN4O4S/c1-29(2,18-31)12-4-5-14-34(39(3,35)36)24-17-25-23(16-22(24)19-6-7-19)26(28-32-13-15-37-33-28)27(38-25)20-8-10-21(30)11-9-20/h8-11,16-17,19H,4-7,12-15H2,1-3H3,(H,32,33). The molecule has 5 rings (SSSR count). The number of nitrogens with zero attached hydrogens (tertiary/aromatic N) is 3. The van der Waals surface area contributed by atoms with Crippen molar-refractivity contribution in [3.63, 3.8) is 0 Å². The molecule has 8 nitrogen and oxygen atoms in total. The predicted octanol–water partition coefficient (Wildman–Crippen LogP) is 5.88. The van der Waals surface area contributed by atoms with Gasteiger partial charge >= 0.3 is 0 Å². The van der Waals surface area contributed by atoms with Gasteiger partial charge in [0.25, 0.3) is 0 Å². The number of anilines is 1. The number of nitrogens with one attached hydrogen (secondary N) is 1. The molecule has 0 spiro atoms. The van der Waals surface area contributed by atoms with E-state index in [-0.39, 0.29) is 11.7 Å². The van der Waals surface area contributed by atoms with Gasteiger partial charge in [-0.3, -0.25) is 14.1 Å². The fraction of sp³-hybridized carbons (Fsp3) is 0.448. The molecule has 0 saturated heterocycles. The van der Waals surface area contributed by atoms with Gasteiger partial charge < -0.3 is 4.42 Å². The van der Waals surface area contributed by atoms with E-state index in [2.05, 4.69) is 16.5 Å². The van der Waals surface area contributed by atoms with E-state index in [9.17, 15) is 18.1 Å². The van der Waals surface area contributed by atoms with Crippen LogP contribution in [0.1, 0.15) is 63.0 Å². The molecule has 3 aromatic rings. The zero-order valence-electron chi connectivity index (χ0n) is 22.5. The molecule has 0 atom stereocenters. The van der Waals surface area contributed by atoms with Crippen molar-refractivity contribution in [3.05, 3.63) is 53.3 Å². The number of rotatable bonds is 10. The molecule has 2 heterocycles. The van der Waals surface area contributed by atoms with Gasteiger partial charge in [-0.05, 0) is 81.3 Å². The molecule has 2 aromatic carbocycles. The van der Waals surface area contributed by atoms with E-state index in [1.165, 1.54) is 22.7 Å². The zero-order chi connectivity index (χ0) is 27.8. The molecule has 0 unspecified atom stereocenters. The van der Waals surface area contributed by atoms with Crippen LogP contribution in [0.5, 0.6) is 0 Å². The summed E-state index contributed by atoms with van der Waals surface area (Å²) in [4.78, 5) is 10.1. The molecule has 206 valence electrons. The summed E-state index contributed by atoms with van der Waals surface area (Å²) in [6.45, 7) is 5.02. The number of hydroxylamine groups is 1. The van der Waals surface area contributed by atoms with Crippen molar-refractivity contribution in [1.82, 2.24) is 5.48 Å². The fourth-order valence-corrected chi connectivity index (χ4v) is 5.93. The Hall–Kier alpha value is -3.42. The first-order valence-electron chi connectivity index (χ1n) is 13.3. The van der Waals surface area contributed by atoms with Crippen LogP contribution in [0, 0.1) is 22.6 Å². The normalized spacial score (nSPS) is 16.0. The Labute approximate surface area is 228 Å². The van der Waals surface area contributed by atoms with Gasteiger partial charge in [0.15, 0.2) is 5.84 Å². The summed E-state index contributed by atoms with van der Waals surface area (Å²) in [6, 6.07) is 12.2. The van der Waals surface area contributed by atoms with E-state index in [0.717, 1.165) is 30.2 Å². The van der Waals surface area contributed by atoms with Crippen LogP contribution in [0.3, 0.4) is 0 Å². The van der Waals surface area contributed by atoms with E-state index in [1.54, 1.807) is 12.1 Å². The number of nitriles is 1. The summed E-state index contributed by atoms with van der Waals surface area (Å²) in [6.07, 6.45) is 5.23. The van der Waals surface area contributed by atoms with Crippen LogP contribution < -0.4 is 9.79 Å². The van der Waals surface area contributed by atoms with Crippen LogP contribution in [-0.4, -0.2) is 40.2 Å². The minimum atomic E-state index is -3.59. The Kier molecular flexibility index (Phi) is 7.40. The zero-order valence-corrected chi connectivity index (χ0v) is 23.3. The van der Waals surface area contributed by atoms with Crippen molar-refractivity contribution in [3.8, 4) is 17.4 Å². The summed E-state index contributed by atoms with van der Waals surface area (Å²) < 4.78 is 47.6. The van der Waals surface area contributed by atoms with E-state index in [4.69, 9.17) is 9.25 Å². The molecule has 10 heteroatoms. The van der Waals surface area contributed by atoms with E-state index >= 15 is 0 Å². The third kappa shape index (κ3) is 5.94. The van der Waals surface area contributed by atoms with Gasteiger partial charge in [-0.1, -0.05) is 6.42 Å². The lowest BCUT2D eigenvalue weighted by Gasteiger charge is -2.26. The highest BCUT2D eigenvalue weighted by molar-refractivity contribution is 7.92. The summed E-state index contributed by atoms with van der Waals surface area (Å²) in [5.74, 6) is 0.924. The predicted molar refractivity (Wildman–Crippen MR) is 150 cm³/mol. The second-order valence-electron chi connectivity index (χ2n) is 11.0. The van der Waals surface area contributed by atoms with Crippen LogP contribution in [-0.2, 0) is 14.9 Å². The highest BCUT2D eigenvalue weighted by Crippen LogP contribution is 2.48. The maximum absolute atomic E-state index is 13.7. The number of hydrogen-bond acceptors (Lipinski definition) is 7. The van der Waals surface area contributed by atoms with Crippen molar-refractivity contribution in [2.75, 3.05) is 30.3 Å². The van der Waals surface area contributed by atoms with Crippen molar-refractivity contribution < 1.29 is 22.1 Å². The molecule has 1 fully saturated rings. The Morgan fingerprint density at radius 2 is 1.95 bits per heavy atom. The Bertz CT molecular complexity index is 1550. The third-order valence-corrected chi connectivity index (χ3v) is 8.39. The first-order chi connectivity index (χ1) is 18.6. The van der Waals surface area contributed by atoms with Gasteiger partial charge in [-0.25, -0.2) is 18.3 Å². The third-order valence-electron chi connectivity index (χ3n) is 7.21. The van der Waals surface area contributed by atoms with Crippen molar-refractivity contribution in [1.29, 1.82) is 5.26 Å². The number of aliphatic imine (C=N–C) groups is 1. The lowest BCUT2D eigenvalue weighted by molar-refractivity contribution is 0.0827. The van der Waals surface area contributed by atoms with Gasteiger partial charge in [0.1, 0.15) is 17.2 Å². The van der Waals surface area contributed by atoms with E-state index in [0.29, 0.717) is 66.5 Å². The fourth-order valence-electron chi connectivity index (χ4n) is 4.95. The van der Waals surface area contributed by atoms with Gasteiger partial charge in [0, 0.05) is 23.6 Å². The number of amidine groups is 1. The molecule has 1 aromatic heterocycles. The molecule has 0 radical (unpaired) electrons. The molecule has 1 aliphatic carbocycles. The largest absolute Gasteiger partial charge is 0.455 e. The van der Waals surface area contributed by atoms with Gasteiger partial charge in [0.05, 0.1) is 42.1 Å².